The van der Waals surface area contributed by atoms with Gasteiger partial charge in [0, 0.05) is 25.0 Å². The van der Waals surface area contributed by atoms with Gasteiger partial charge in [0.1, 0.15) is 5.82 Å². The molecule has 1 aliphatic carbocycles. The van der Waals surface area contributed by atoms with Crippen LogP contribution in [-0.2, 0) is 14.8 Å². The van der Waals surface area contributed by atoms with Crippen LogP contribution < -0.4 is 4.72 Å². The van der Waals surface area contributed by atoms with Gasteiger partial charge in [-0.3, -0.25) is 4.79 Å². The fraction of sp³-hybridized carbons (Fsp3) is 0.462. The molecule has 1 heterocycles. The maximum Gasteiger partial charge on any atom is 0.240 e. The summed E-state index contributed by atoms with van der Waals surface area (Å²) < 4.78 is 39.6. The summed E-state index contributed by atoms with van der Waals surface area (Å²) in [5.41, 5.74) is 0. The molecule has 2 aliphatic rings. The monoisotopic (exact) mass is 298 g/mol. The van der Waals surface area contributed by atoms with Crippen molar-refractivity contribution in [3.8, 4) is 0 Å². The lowest BCUT2D eigenvalue weighted by atomic mass is 10.3. The van der Waals surface area contributed by atoms with Gasteiger partial charge in [-0.05, 0) is 37.1 Å². The highest BCUT2D eigenvalue weighted by molar-refractivity contribution is 7.89. The molecule has 1 N–H and O–H groups in total. The normalized spacial score (nSPS) is 23.4. The number of halogens is 1. The van der Waals surface area contributed by atoms with Crippen molar-refractivity contribution in [3.05, 3.63) is 30.1 Å². The average Bonchev–Trinajstić information content (AvgIpc) is 3.15. The zero-order valence-electron chi connectivity index (χ0n) is 10.8. The zero-order valence-corrected chi connectivity index (χ0v) is 11.6. The van der Waals surface area contributed by atoms with Gasteiger partial charge in [-0.15, -0.1) is 0 Å². The number of amides is 1. The Hall–Kier alpha value is -1.47. The Morgan fingerprint density at radius 1 is 1.20 bits per heavy atom. The molecular formula is C13H15FN2O3S. The topological polar surface area (TPSA) is 66.5 Å². The Morgan fingerprint density at radius 3 is 2.45 bits per heavy atom. The summed E-state index contributed by atoms with van der Waals surface area (Å²) in [7, 11) is -3.71. The number of sulfonamides is 1. The van der Waals surface area contributed by atoms with E-state index in [1.165, 1.54) is 12.1 Å². The minimum atomic E-state index is -3.71. The molecule has 1 aromatic rings. The second kappa shape index (κ2) is 4.82. The summed E-state index contributed by atoms with van der Waals surface area (Å²) in [6.07, 6.45) is 2.20. The van der Waals surface area contributed by atoms with Gasteiger partial charge in [-0.2, -0.15) is 0 Å². The smallest absolute Gasteiger partial charge is 0.240 e. The largest absolute Gasteiger partial charge is 0.338 e. The highest BCUT2D eigenvalue weighted by Gasteiger charge is 2.40. The van der Waals surface area contributed by atoms with Crippen molar-refractivity contribution in [2.24, 2.45) is 0 Å². The van der Waals surface area contributed by atoms with Crippen LogP contribution in [0, 0.1) is 5.82 Å². The number of nitrogens with zero attached hydrogens (tertiary/aromatic N) is 1. The lowest BCUT2D eigenvalue weighted by Crippen LogP contribution is -2.37. The first-order valence-electron chi connectivity index (χ1n) is 6.53. The first-order valence-corrected chi connectivity index (χ1v) is 8.01. The van der Waals surface area contributed by atoms with Gasteiger partial charge in [-0.1, -0.05) is 0 Å². The Morgan fingerprint density at radius 2 is 1.85 bits per heavy atom. The van der Waals surface area contributed by atoms with Gasteiger partial charge in [0.05, 0.1) is 4.90 Å². The second-order valence-electron chi connectivity index (χ2n) is 5.25. The third-order valence-electron chi connectivity index (χ3n) is 3.59. The predicted molar refractivity (Wildman–Crippen MR) is 69.9 cm³/mol. The molecule has 5 nitrogen and oxygen atoms in total. The first kappa shape index (κ1) is 13.5. The average molecular weight is 298 g/mol. The van der Waals surface area contributed by atoms with Crippen LogP contribution in [0.25, 0.3) is 0 Å². The van der Waals surface area contributed by atoms with Gasteiger partial charge in [0.25, 0.3) is 0 Å². The van der Waals surface area contributed by atoms with Crippen molar-refractivity contribution >= 4 is 15.9 Å². The summed E-state index contributed by atoms with van der Waals surface area (Å²) >= 11 is 0. The summed E-state index contributed by atoms with van der Waals surface area (Å²) in [5.74, 6) is -0.487. The van der Waals surface area contributed by atoms with E-state index in [1.54, 1.807) is 4.90 Å². The quantitative estimate of drug-likeness (QED) is 0.897. The van der Waals surface area contributed by atoms with Gasteiger partial charge in [0.2, 0.25) is 15.9 Å². The van der Waals surface area contributed by atoms with Crippen molar-refractivity contribution in [3.63, 3.8) is 0 Å². The summed E-state index contributed by atoms with van der Waals surface area (Å²) in [4.78, 5) is 13.5. The molecule has 1 unspecified atom stereocenters. The van der Waals surface area contributed by atoms with Gasteiger partial charge in [0.15, 0.2) is 0 Å². The van der Waals surface area contributed by atoms with Crippen molar-refractivity contribution in [1.29, 1.82) is 0 Å². The van der Waals surface area contributed by atoms with E-state index in [1.807, 2.05) is 0 Å². The molecule has 20 heavy (non-hydrogen) atoms. The minimum absolute atomic E-state index is 0.000642. The molecule has 0 radical (unpaired) electrons. The van der Waals surface area contributed by atoms with Gasteiger partial charge < -0.3 is 4.90 Å². The molecule has 1 saturated carbocycles. The fourth-order valence-corrected chi connectivity index (χ4v) is 3.68. The van der Waals surface area contributed by atoms with Crippen LogP contribution >= 0.6 is 0 Å². The van der Waals surface area contributed by atoms with Crippen molar-refractivity contribution in [1.82, 2.24) is 9.62 Å². The third kappa shape index (κ3) is 2.69. The number of carbonyl (C=O) groups excluding carboxylic acids is 1. The summed E-state index contributed by atoms with van der Waals surface area (Å²) in [6, 6.07) is 4.52. The predicted octanol–water partition coefficient (Wildman–Crippen LogP) is 0.867. The molecule has 7 heteroatoms. The summed E-state index contributed by atoms with van der Waals surface area (Å²) in [6.45, 7) is 0.421. The number of hydrogen-bond acceptors (Lipinski definition) is 3. The molecule has 1 aromatic carbocycles. The number of likely N-dealkylation sites (tertiary alicyclic amines) is 1. The van der Waals surface area contributed by atoms with E-state index in [0.29, 0.717) is 12.6 Å². The highest BCUT2D eigenvalue weighted by Crippen LogP contribution is 2.30. The standard InChI is InChI=1S/C13H15FN2O3S/c14-9-1-5-12(6-2-9)20(18,19)15-10-7-13(17)16(8-10)11-3-4-11/h1-2,5-6,10-11,15H,3-4,7-8H2. The van der Waals surface area contributed by atoms with Crippen LogP contribution in [0.1, 0.15) is 19.3 Å². The molecule has 0 aromatic heterocycles. The van der Waals surface area contributed by atoms with E-state index in [-0.39, 0.29) is 17.2 Å². The molecule has 3 rings (SSSR count). The van der Waals surface area contributed by atoms with Gasteiger partial charge >= 0.3 is 0 Å². The van der Waals surface area contributed by atoms with E-state index in [2.05, 4.69) is 4.72 Å². The van der Waals surface area contributed by atoms with E-state index in [9.17, 15) is 17.6 Å². The molecule has 2 fully saturated rings. The maximum atomic E-state index is 12.8. The third-order valence-corrected chi connectivity index (χ3v) is 5.13. The Balaban J connectivity index is 1.70. The molecular weight excluding hydrogens is 283 g/mol. The number of hydrogen-bond donors (Lipinski definition) is 1. The number of carbonyl (C=O) groups is 1. The van der Waals surface area contributed by atoms with Crippen LogP contribution in [0.2, 0.25) is 0 Å². The fourth-order valence-electron chi connectivity index (χ4n) is 2.45. The molecule has 108 valence electrons. The van der Waals surface area contributed by atoms with Crippen molar-refractivity contribution in [2.45, 2.75) is 36.2 Å². The van der Waals surface area contributed by atoms with Crippen LogP contribution in [0.15, 0.2) is 29.2 Å². The first-order chi connectivity index (χ1) is 9.45. The Labute approximate surface area is 116 Å². The lowest BCUT2D eigenvalue weighted by Gasteiger charge is -2.16. The van der Waals surface area contributed by atoms with Crippen LogP contribution in [-0.4, -0.2) is 37.9 Å². The van der Waals surface area contributed by atoms with E-state index < -0.39 is 21.9 Å². The summed E-state index contributed by atoms with van der Waals surface area (Å²) in [5, 5.41) is 0. The van der Waals surface area contributed by atoms with E-state index in [4.69, 9.17) is 0 Å². The molecule has 1 aliphatic heterocycles. The van der Waals surface area contributed by atoms with E-state index >= 15 is 0 Å². The van der Waals surface area contributed by atoms with Crippen LogP contribution in [0.3, 0.4) is 0 Å². The molecule has 1 atom stereocenters. The second-order valence-corrected chi connectivity index (χ2v) is 6.97. The number of benzene rings is 1. The number of nitrogens with one attached hydrogen (secondary N) is 1. The zero-order chi connectivity index (χ0) is 14.3. The van der Waals surface area contributed by atoms with Crippen LogP contribution in [0.4, 0.5) is 4.39 Å². The molecule has 0 bridgehead atoms. The molecule has 1 amide bonds. The highest BCUT2D eigenvalue weighted by atomic mass is 32.2. The lowest BCUT2D eigenvalue weighted by molar-refractivity contribution is -0.128. The van der Waals surface area contributed by atoms with Crippen molar-refractivity contribution < 1.29 is 17.6 Å². The maximum absolute atomic E-state index is 12.8. The Bertz CT molecular complexity index is 626. The van der Waals surface area contributed by atoms with Gasteiger partial charge in [-0.25, -0.2) is 17.5 Å². The van der Waals surface area contributed by atoms with Crippen molar-refractivity contribution in [2.75, 3.05) is 6.54 Å². The van der Waals surface area contributed by atoms with E-state index in [0.717, 1.165) is 25.0 Å². The SMILES string of the molecule is O=C1CC(NS(=O)(=O)c2ccc(F)cc2)CN1C1CC1. The number of rotatable bonds is 4. The molecule has 1 saturated heterocycles. The Kier molecular flexibility index (Phi) is 3.25. The van der Waals surface area contributed by atoms with Crippen LogP contribution in [0.5, 0.6) is 0 Å². The molecule has 0 spiro atoms. The minimum Gasteiger partial charge on any atom is -0.338 e.